The van der Waals surface area contributed by atoms with E-state index in [-0.39, 0.29) is 0 Å². The molecule has 0 aliphatic heterocycles. The van der Waals surface area contributed by atoms with Crippen LogP contribution in [0.4, 0.5) is 5.69 Å². The van der Waals surface area contributed by atoms with Gasteiger partial charge in [-0.25, -0.2) is 0 Å². The van der Waals surface area contributed by atoms with Crippen molar-refractivity contribution in [1.29, 1.82) is 0 Å². The Kier molecular flexibility index (Phi) is 7.56. The molecule has 0 atom stereocenters. The highest BCUT2D eigenvalue weighted by molar-refractivity contribution is 7.99. The molecule has 0 aliphatic rings. The highest BCUT2D eigenvalue weighted by Crippen LogP contribution is 2.29. The molecule has 0 bridgehead atoms. The predicted octanol–water partition coefficient (Wildman–Crippen LogP) is 3.60. The van der Waals surface area contributed by atoms with Crippen LogP contribution in [0.15, 0.2) is 28.0 Å². The molecule has 96 valence electrons. The molecule has 0 aliphatic carbocycles. The lowest BCUT2D eigenvalue weighted by atomic mass is 10.2. The molecule has 0 amide bonds. The molecule has 2 nitrogen and oxygen atoms in total. The van der Waals surface area contributed by atoms with Crippen LogP contribution < -0.4 is 11.5 Å². The number of rotatable bonds is 8. The summed E-state index contributed by atoms with van der Waals surface area (Å²) in [6.45, 7) is 0.816. The lowest BCUT2D eigenvalue weighted by molar-refractivity contribution is 0.678. The fourth-order valence-electron chi connectivity index (χ4n) is 1.57. The van der Waals surface area contributed by atoms with E-state index in [1.165, 1.54) is 29.1 Å². The lowest BCUT2D eigenvalue weighted by Crippen LogP contribution is -1.97. The number of hydrogen-bond donors (Lipinski definition) is 2. The minimum atomic E-state index is 0.816. The number of nitrogens with two attached hydrogens (primary N) is 2. The van der Waals surface area contributed by atoms with Gasteiger partial charge in [0.05, 0.1) is 0 Å². The molecule has 4 N–H and O–H groups in total. The average molecular weight is 270 g/mol. The molecule has 0 unspecified atom stereocenters. The summed E-state index contributed by atoms with van der Waals surface area (Å²) in [5.41, 5.74) is 12.4. The number of benzene rings is 1. The van der Waals surface area contributed by atoms with Crippen LogP contribution in [0.25, 0.3) is 0 Å². The molecule has 0 radical (unpaired) electrons. The van der Waals surface area contributed by atoms with Crippen LogP contribution in [0.2, 0.25) is 0 Å². The third-order valence-electron chi connectivity index (χ3n) is 2.57. The summed E-state index contributed by atoms with van der Waals surface area (Å²) in [6.07, 6.45) is 6.98. The quantitative estimate of drug-likeness (QED) is 0.430. The number of nitrogen functional groups attached to an aromatic ring is 1. The Morgan fingerprint density at radius 1 is 1.12 bits per heavy atom. The largest absolute Gasteiger partial charge is 0.398 e. The summed E-state index contributed by atoms with van der Waals surface area (Å²) in [6, 6.07) is 6.32. The Balaban J connectivity index is 2.27. The topological polar surface area (TPSA) is 52.0 Å². The zero-order valence-electron chi connectivity index (χ0n) is 10.4. The second kappa shape index (κ2) is 8.72. The van der Waals surface area contributed by atoms with Gasteiger partial charge in [0.2, 0.25) is 0 Å². The molecule has 0 fully saturated rings. The fourth-order valence-corrected chi connectivity index (χ4v) is 2.97. The van der Waals surface area contributed by atoms with Gasteiger partial charge in [-0.15, -0.1) is 23.5 Å². The highest BCUT2D eigenvalue weighted by Gasteiger charge is 2.01. The van der Waals surface area contributed by atoms with Crippen LogP contribution in [-0.2, 0) is 0 Å². The third kappa shape index (κ3) is 5.70. The second-order valence-corrected chi connectivity index (χ2v) is 5.97. The second-order valence-electron chi connectivity index (χ2n) is 3.96. The van der Waals surface area contributed by atoms with Gasteiger partial charge in [-0.2, -0.15) is 0 Å². The van der Waals surface area contributed by atoms with Crippen LogP contribution in [0, 0.1) is 0 Å². The Morgan fingerprint density at radius 2 is 1.88 bits per heavy atom. The van der Waals surface area contributed by atoms with Crippen molar-refractivity contribution >= 4 is 29.2 Å². The van der Waals surface area contributed by atoms with E-state index in [0.29, 0.717) is 0 Å². The van der Waals surface area contributed by atoms with Gasteiger partial charge in [0.1, 0.15) is 0 Å². The minimum Gasteiger partial charge on any atom is -0.398 e. The van der Waals surface area contributed by atoms with Gasteiger partial charge in [-0.3, -0.25) is 0 Å². The fraction of sp³-hybridized carbons (Fsp3) is 0.538. The smallest absolute Gasteiger partial charge is 0.0463 e. The Bertz CT molecular complexity index is 329. The van der Waals surface area contributed by atoms with Crippen molar-refractivity contribution in [2.24, 2.45) is 5.73 Å². The van der Waals surface area contributed by atoms with Gasteiger partial charge in [0.15, 0.2) is 0 Å². The van der Waals surface area contributed by atoms with E-state index in [0.717, 1.165) is 24.4 Å². The van der Waals surface area contributed by atoms with Gasteiger partial charge >= 0.3 is 0 Å². The molecule has 1 aromatic rings. The summed E-state index contributed by atoms with van der Waals surface area (Å²) < 4.78 is 0. The first-order valence-corrected chi connectivity index (χ1v) is 8.25. The standard InChI is InChI=1S/C13H22N2S2/c1-16-11-6-7-13(12(15)10-11)17-9-5-3-2-4-8-14/h6-7,10H,2-5,8-9,14-15H2,1H3. The SMILES string of the molecule is CSc1ccc(SCCCCCCN)c(N)c1. The van der Waals surface area contributed by atoms with E-state index >= 15 is 0 Å². The van der Waals surface area contributed by atoms with E-state index < -0.39 is 0 Å². The Morgan fingerprint density at radius 3 is 2.53 bits per heavy atom. The predicted molar refractivity (Wildman–Crippen MR) is 80.9 cm³/mol. The molecule has 0 saturated carbocycles. The third-order valence-corrected chi connectivity index (χ3v) is 4.47. The van der Waals surface area contributed by atoms with Crippen LogP contribution in [0.1, 0.15) is 25.7 Å². The zero-order valence-corrected chi connectivity index (χ0v) is 12.1. The van der Waals surface area contributed by atoms with Gasteiger partial charge in [-0.05, 0) is 49.6 Å². The van der Waals surface area contributed by atoms with Gasteiger partial charge in [-0.1, -0.05) is 12.8 Å². The van der Waals surface area contributed by atoms with Crippen LogP contribution in [-0.4, -0.2) is 18.6 Å². The van der Waals surface area contributed by atoms with Crippen LogP contribution in [0.5, 0.6) is 0 Å². The van der Waals surface area contributed by atoms with E-state index in [4.69, 9.17) is 11.5 Å². The highest BCUT2D eigenvalue weighted by atomic mass is 32.2. The van der Waals surface area contributed by atoms with Crippen molar-refractivity contribution in [1.82, 2.24) is 0 Å². The molecular formula is C13H22N2S2. The average Bonchev–Trinajstić information content (AvgIpc) is 2.35. The summed E-state index contributed by atoms with van der Waals surface area (Å²) in [5.74, 6) is 1.15. The van der Waals surface area contributed by atoms with Crippen molar-refractivity contribution in [3.63, 3.8) is 0 Å². The first-order valence-electron chi connectivity index (χ1n) is 6.04. The molecule has 0 saturated heterocycles. The molecular weight excluding hydrogens is 248 g/mol. The molecule has 1 rings (SSSR count). The van der Waals surface area contributed by atoms with E-state index in [1.807, 2.05) is 11.8 Å². The number of thioether (sulfide) groups is 2. The molecule has 0 heterocycles. The van der Waals surface area contributed by atoms with Crippen molar-refractivity contribution in [2.75, 3.05) is 24.3 Å². The zero-order chi connectivity index (χ0) is 12.5. The maximum Gasteiger partial charge on any atom is 0.0463 e. The molecule has 17 heavy (non-hydrogen) atoms. The Labute approximate surface area is 113 Å². The monoisotopic (exact) mass is 270 g/mol. The van der Waals surface area contributed by atoms with Crippen molar-refractivity contribution < 1.29 is 0 Å². The van der Waals surface area contributed by atoms with Crippen LogP contribution in [0.3, 0.4) is 0 Å². The molecule has 4 heteroatoms. The maximum absolute atomic E-state index is 6.01. The summed E-state index contributed by atoms with van der Waals surface area (Å²) >= 11 is 3.59. The number of unbranched alkanes of at least 4 members (excludes halogenated alkanes) is 3. The molecule has 0 aromatic heterocycles. The first-order chi connectivity index (χ1) is 8.27. The van der Waals surface area contributed by atoms with Crippen molar-refractivity contribution in [2.45, 2.75) is 35.5 Å². The van der Waals surface area contributed by atoms with Crippen molar-refractivity contribution in [3.8, 4) is 0 Å². The maximum atomic E-state index is 6.01. The summed E-state index contributed by atoms with van der Waals surface area (Å²) in [4.78, 5) is 2.44. The van der Waals surface area contributed by atoms with Gasteiger partial charge in [0.25, 0.3) is 0 Å². The molecule has 1 aromatic carbocycles. The Hall–Kier alpha value is -0.320. The summed E-state index contributed by atoms with van der Waals surface area (Å²) in [7, 11) is 0. The van der Waals surface area contributed by atoms with E-state index in [2.05, 4.69) is 24.5 Å². The first kappa shape index (κ1) is 14.7. The molecule has 0 spiro atoms. The normalized spacial score (nSPS) is 10.7. The van der Waals surface area contributed by atoms with E-state index in [9.17, 15) is 0 Å². The van der Waals surface area contributed by atoms with Gasteiger partial charge in [0, 0.05) is 15.5 Å². The minimum absolute atomic E-state index is 0.816. The number of hydrogen-bond acceptors (Lipinski definition) is 4. The number of anilines is 1. The van der Waals surface area contributed by atoms with Crippen molar-refractivity contribution in [3.05, 3.63) is 18.2 Å². The lowest BCUT2D eigenvalue weighted by Gasteiger charge is -2.06. The van der Waals surface area contributed by atoms with Crippen LogP contribution >= 0.6 is 23.5 Å². The van der Waals surface area contributed by atoms with E-state index in [1.54, 1.807) is 11.8 Å². The van der Waals surface area contributed by atoms with Gasteiger partial charge < -0.3 is 11.5 Å². The summed E-state index contributed by atoms with van der Waals surface area (Å²) in [5, 5.41) is 0.